The second kappa shape index (κ2) is 5.32. The summed E-state index contributed by atoms with van der Waals surface area (Å²) in [6, 6.07) is 9.32. The Bertz CT molecular complexity index is 366. The van der Waals surface area contributed by atoms with Gasteiger partial charge in [0, 0.05) is 0 Å². The molecular formula is C14H21NO2. The maximum atomic E-state index is 12.1. The van der Waals surface area contributed by atoms with E-state index in [-0.39, 0.29) is 12.0 Å². The number of benzene rings is 1. The lowest BCUT2D eigenvalue weighted by Crippen LogP contribution is -2.34. The van der Waals surface area contributed by atoms with E-state index in [1.165, 1.54) is 0 Å². The molecule has 0 saturated carbocycles. The molecule has 94 valence electrons. The maximum Gasteiger partial charge on any atom is 0.328 e. The maximum absolute atomic E-state index is 12.1. The highest BCUT2D eigenvalue weighted by Crippen LogP contribution is 2.22. The first-order valence-corrected chi connectivity index (χ1v) is 5.75. The molecule has 0 amide bonds. The second-order valence-electron chi connectivity index (χ2n) is 5.31. The number of likely N-dealkylation sites (N-methyl/N-ethyl adjacent to an activating group) is 1. The van der Waals surface area contributed by atoms with Crippen molar-refractivity contribution in [3.63, 3.8) is 0 Å². The molecule has 1 aromatic rings. The first-order chi connectivity index (χ1) is 7.81. The molecule has 0 aliphatic carbocycles. The van der Waals surface area contributed by atoms with Crippen LogP contribution in [0, 0.1) is 0 Å². The van der Waals surface area contributed by atoms with E-state index < -0.39 is 5.60 Å². The number of rotatable bonds is 3. The molecule has 1 aromatic carbocycles. The van der Waals surface area contributed by atoms with E-state index in [2.05, 4.69) is 0 Å². The van der Waals surface area contributed by atoms with Gasteiger partial charge in [-0.2, -0.15) is 0 Å². The van der Waals surface area contributed by atoms with Crippen LogP contribution in [0.25, 0.3) is 0 Å². The van der Waals surface area contributed by atoms with E-state index >= 15 is 0 Å². The van der Waals surface area contributed by atoms with Crippen molar-refractivity contribution in [3.05, 3.63) is 35.9 Å². The topological polar surface area (TPSA) is 29.5 Å². The van der Waals surface area contributed by atoms with Gasteiger partial charge in [-0.15, -0.1) is 0 Å². The quantitative estimate of drug-likeness (QED) is 0.754. The molecule has 3 nitrogen and oxygen atoms in total. The number of carbonyl (C=O) groups excluding carboxylic acids is 1. The summed E-state index contributed by atoms with van der Waals surface area (Å²) in [6.45, 7) is 5.63. The van der Waals surface area contributed by atoms with E-state index in [1.807, 2.05) is 70.1 Å². The summed E-state index contributed by atoms with van der Waals surface area (Å²) in [4.78, 5) is 14.0. The normalized spacial score (nSPS) is 13.5. The molecule has 0 bridgehead atoms. The largest absolute Gasteiger partial charge is 0.459 e. The Hall–Kier alpha value is -1.35. The average Bonchev–Trinajstić information content (AvgIpc) is 2.15. The van der Waals surface area contributed by atoms with Crippen LogP contribution in [0.2, 0.25) is 0 Å². The molecule has 0 N–H and O–H groups in total. The number of carbonyl (C=O) groups is 1. The Morgan fingerprint density at radius 1 is 1.18 bits per heavy atom. The third-order valence-corrected chi connectivity index (χ3v) is 2.26. The summed E-state index contributed by atoms with van der Waals surface area (Å²) in [5.41, 5.74) is 0.492. The summed E-state index contributed by atoms with van der Waals surface area (Å²) in [5.74, 6) is -0.214. The molecule has 0 saturated heterocycles. The van der Waals surface area contributed by atoms with Crippen molar-refractivity contribution in [1.29, 1.82) is 0 Å². The zero-order valence-electron chi connectivity index (χ0n) is 11.2. The highest BCUT2D eigenvalue weighted by atomic mass is 16.6. The average molecular weight is 235 g/mol. The Labute approximate surface area is 103 Å². The number of hydrogen-bond donors (Lipinski definition) is 0. The summed E-state index contributed by atoms with van der Waals surface area (Å²) < 4.78 is 5.43. The molecule has 1 atom stereocenters. The predicted molar refractivity (Wildman–Crippen MR) is 68.7 cm³/mol. The van der Waals surface area contributed by atoms with Gasteiger partial charge in [-0.1, -0.05) is 30.3 Å². The SMILES string of the molecule is CN(C)C(C(=O)OC(C)(C)C)c1ccccc1. The molecule has 0 radical (unpaired) electrons. The zero-order chi connectivity index (χ0) is 13.1. The van der Waals surface area contributed by atoms with Crippen LogP contribution in [0.15, 0.2) is 30.3 Å². The molecule has 17 heavy (non-hydrogen) atoms. The van der Waals surface area contributed by atoms with E-state index in [9.17, 15) is 4.79 Å². The minimum Gasteiger partial charge on any atom is -0.459 e. The standard InChI is InChI=1S/C14H21NO2/c1-14(2,3)17-13(16)12(15(4)5)11-9-7-6-8-10-11/h6-10,12H,1-5H3. The first-order valence-electron chi connectivity index (χ1n) is 5.75. The third kappa shape index (κ3) is 4.19. The van der Waals surface area contributed by atoms with Crippen LogP contribution in [0.1, 0.15) is 32.4 Å². The smallest absolute Gasteiger partial charge is 0.328 e. The Kier molecular flexibility index (Phi) is 4.29. The van der Waals surface area contributed by atoms with E-state index in [0.717, 1.165) is 5.56 Å². The molecule has 1 rings (SSSR count). The van der Waals surface area contributed by atoms with Crippen LogP contribution in [-0.4, -0.2) is 30.6 Å². The molecule has 0 aromatic heterocycles. The lowest BCUT2D eigenvalue weighted by Gasteiger charge is -2.27. The van der Waals surface area contributed by atoms with E-state index in [0.29, 0.717) is 0 Å². The van der Waals surface area contributed by atoms with Crippen molar-refractivity contribution in [2.45, 2.75) is 32.4 Å². The van der Waals surface area contributed by atoms with Crippen molar-refractivity contribution in [1.82, 2.24) is 4.90 Å². The fraction of sp³-hybridized carbons (Fsp3) is 0.500. The van der Waals surface area contributed by atoms with Gasteiger partial charge >= 0.3 is 5.97 Å². The van der Waals surface area contributed by atoms with Gasteiger partial charge < -0.3 is 4.74 Å². The lowest BCUT2D eigenvalue weighted by molar-refractivity contribution is -0.160. The lowest BCUT2D eigenvalue weighted by atomic mass is 10.1. The second-order valence-corrected chi connectivity index (χ2v) is 5.31. The number of hydrogen-bond acceptors (Lipinski definition) is 3. The summed E-state index contributed by atoms with van der Waals surface area (Å²) >= 11 is 0. The van der Waals surface area contributed by atoms with Gasteiger partial charge in [-0.25, -0.2) is 4.79 Å². The van der Waals surface area contributed by atoms with Crippen molar-refractivity contribution in [3.8, 4) is 0 Å². The van der Waals surface area contributed by atoms with Gasteiger partial charge in [0.25, 0.3) is 0 Å². The van der Waals surface area contributed by atoms with Gasteiger partial charge in [0.2, 0.25) is 0 Å². The fourth-order valence-corrected chi connectivity index (χ4v) is 1.64. The van der Waals surface area contributed by atoms with Crippen LogP contribution in [0.5, 0.6) is 0 Å². The highest BCUT2D eigenvalue weighted by molar-refractivity contribution is 5.78. The molecule has 0 fully saturated rings. The molecule has 0 aliphatic rings. The number of nitrogens with zero attached hydrogens (tertiary/aromatic N) is 1. The van der Waals surface area contributed by atoms with Crippen LogP contribution < -0.4 is 0 Å². The van der Waals surface area contributed by atoms with Crippen LogP contribution in [-0.2, 0) is 9.53 Å². The minimum absolute atomic E-state index is 0.214. The fourth-order valence-electron chi connectivity index (χ4n) is 1.64. The van der Waals surface area contributed by atoms with Crippen molar-refractivity contribution < 1.29 is 9.53 Å². The monoisotopic (exact) mass is 235 g/mol. The summed E-state index contributed by atoms with van der Waals surface area (Å²) in [7, 11) is 3.75. The Balaban J connectivity index is 2.92. The minimum atomic E-state index is -0.458. The number of esters is 1. The molecule has 1 unspecified atom stereocenters. The highest BCUT2D eigenvalue weighted by Gasteiger charge is 2.27. The Morgan fingerprint density at radius 3 is 2.12 bits per heavy atom. The zero-order valence-corrected chi connectivity index (χ0v) is 11.2. The Morgan fingerprint density at radius 2 is 1.71 bits per heavy atom. The van der Waals surface area contributed by atoms with Gasteiger partial charge in [0.05, 0.1) is 0 Å². The van der Waals surface area contributed by atoms with Gasteiger partial charge in [0.15, 0.2) is 0 Å². The van der Waals surface area contributed by atoms with Crippen LogP contribution in [0.3, 0.4) is 0 Å². The van der Waals surface area contributed by atoms with Crippen molar-refractivity contribution in [2.75, 3.05) is 14.1 Å². The van der Waals surface area contributed by atoms with Crippen molar-refractivity contribution >= 4 is 5.97 Å². The predicted octanol–water partition coefficient (Wildman–Crippen LogP) is 2.63. The first kappa shape index (κ1) is 13.7. The van der Waals surface area contributed by atoms with Gasteiger partial charge in [-0.05, 0) is 40.4 Å². The third-order valence-electron chi connectivity index (χ3n) is 2.26. The molecular weight excluding hydrogens is 214 g/mol. The molecule has 0 aliphatic heterocycles. The van der Waals surface area contributed by atoms with E-state index in [1.54, 1.807) is 0 Å². The van der Waals surface area contributed by atoms with Crippen LogP contribution >= 0.6 is 0 Å². The van der Waals surface area contributed by atoms with Gasteiger partial charge in [-0.3, -0.25) is 4.90 Å². The van der Waals surface area contributed by atoms with Crippen molar-refractivity contribution in [2.24, 2.45) is 0 Å². The summed E-state index contributed by atoms with van der Waals surface area (Å²) in [5, 5.41) is 0. The number of ether oxygens (including phenoxy) is 1. The molecule has 0 spiro atoms. The van der Waals surface area contributed by atoms with Crippen LogP contribution in [0.4, 0.5) is 0 Å². The van der Waals surface area contributed by atoms with Gasteiger partial charge in [0.1, 0.15) is 11.6 Å². The van der Waals surface area contributed by atoms with E-state index in [4.69, 9.17) is 4.74 Å². The molecule has 0 heterocycles. The summed E-state index contributed by atoms with van der Waals surface area (Å²) in [6.07, 6.45) is 0. The molecule has 3 heteroatoms.